The second-order valence-corrected chi connectivity index (χ2v) is 11.0. The number of hydrogen-bond donors (Lipinski definition) is 2. The smallest absolute Gasteiger partial charge is 0.326 e. The first-order valence-electron chi connectivity index (χ1n) is 10.7. The number of nitrogens with zero attached hydrogens (tertiary/aromatic N) is 1. The van der Waals surface area contributed by atoms with E-state index in [1.54, 1.807) is 48.5 Å². The molecule has 1 aliphatic heterocycles. The maximum atomic E-state index is 13.3. The van der Waals surface area contributed by atoms with Crippen molar-refractivity contribution >= 4 is 21.9 Å². The number of carbonyl (C=O) groups excluding carboxylic acids is 1. The summed E-state index contributed by atoms with van der Waals surface area (Å²) in [5.74, 6) is -1.74. The molecule has 8 heteroatoms. The lowest BCUT2D eigenvalue weighted by molar-refractivity contribution is -0.142. The first-order chi connectivity index (χ1) is 15.0. The largest absolute Gasteiger partial charge is 0.480 e. The fourth-order valence-corrected chi connectivity index (χ4v) is 5.53. The Morgan fingerprint density at radius 2 is 1.72 bits per heavy atom. The Bertz CT molecular complexity index is 1060. The number of hydrogen-bond acceptors (Lipinski definition) is 4. The highest BCUT2D eigenvalue weighted by atomic mass is 32.2. The van der Waals surface area contributed by atoms with E-state index >= 15 is 0 Å². The molecule has 32 heavy (non-hydrogen) atoms. The van der Waals surface area contributed by atoms with Gasteiger partial charge in [-0.05, 0) is 41.5 Å². The van der Waals surface area contributed by atoms with Gasteiger partial charge in [0.2, 0.25) is 15.9 Å². The van der Waals surface area contributed by atoms with Gasteiger partial charge in [0.1, 0.15) is 12.1 Å². The van der Waals surface area contributed by atoms with Crippen LogP contribution < -0.4 is 5.32 Å². The number of aliphatic carboxylic acids is 1. The molecule has 2 aromatic rings. The number of benzene rings is 2. The van der Waals surface area contributed by atoms with Crippen molar-refractivity contribution in [3.05, 3.63) is 65.7 Å². The fraction of sp³-hybridized carbons (Fsp3) is 0.417. The van der Waals surface area contributed by atoms with Crippen molar-refractivity contribution in [1.29, 1.82) is 0 Å². The lowest BCUT2D eigenvalue weighted by atomic mass is 9.87. The highest BCUT2D eigenvalue weighted by Crippen LogP contribution is 2.29. The minimum atomic E-state index is -3.88. The molecule has 1 unspecified atom stereocenters. The summed E-state index contributed by atoms with van der Waals surface area (Å²) in [6.45, 7) is 6.36. The van der Waals surface area contributed by atoms with Crippen molar-refractivity contribution in [2.24, 2.45) is 0 Å². The molecule has 3 rings (SSSR count). The van der Waals surface area contributed by atoms with Crippen molar-refractivity contribution in [1.82, 2.24) is 9.62 Å². The summed E-state index contributed by atoms with van der Waals surface area (Å²) in [4.78, 5) is 24.8. The highest BCUT2D eigenvalue weighted by Gasteiger charge is 2.40. The van der Waals surface area contributed by atoms with Crippen molar-refractivity contribution in [3.63, 3.8) is 0 Å². The Kier molecular flexibility index (Phi) is 7.05. The molecule has 1 amide bonds. The number of amides is 1. The number of carbonyl (C=O) groups is 2. The monoisotopic (exact) mass is 458 g/mol. The van der Waals surface area contributed by atoms with Crippen molar-refractivity contribution in [3.8, 4) is 0 Å². The molecule has 2 atom stereocenters. The van der Waals surface area contributed by atoms with E-state index in [4.69, 9.17) is 0 Å². The van der Waals surface area contributed by atoms with Gasteiger partial charge in [-0.15, -0.1) is 0 Å². The van der Waals surface area contributed by atoms with Crippen LogP contribution in [-0.4, -0.2) is 48.3 Å². The van der Waals surface area contributed by atoms with E-state index < -0.39 is 34.0 Å². The summed E-state index contributed by atoms with van der Waals surface area (Å²) in [5, 5.41) is 12.1. The van der Waals surface area contributed by atoms with Crippen LogP contribution in [0.25, 0.3) is 0 Å². The normalized spacial score (nSPS) is 18.3. The maximum absolute atomic E-state index is 13.3. The zero-order valence-electron chi connectivity index (χ0n) is 18.6. The Hall–Kier alpha value is -2.71. The van der Waals surface area contributed by atoms with Gasteiger partial charge in [-0.1, -0.05) is 63.2 Å². The van der Waals surface area contributed by atoms with Gasteiger partial charge >= 0.3 is 5.97 Å². The molecule has 172 valence electrons. The standard InChI is InChI=1S/C24H30N2O5S/c1-24(2,3)18-11-13-19(14-12-18)32(30,31)26-15-7-10-21(26)22(27)25-20(23(28)29)16-17-8-5-4-6-9-17/h4-6,8-9,11-14,20-21H,7,10,15-16H2,1-3H3,(H,25,27)(H,28,29)/t20?,21-/m0/s1. The van der Waals surface area contributed by atoms with Gasteiger partial charge in [-0.3, -0.25) is 4.79 Å². The third-order valence-corrected chi connectivity index (χ3v) is 7.65. The number of nitrogens with one attached hydrogen (secondary N) is 1. The number of carboxylic acids is 1. The molecule has 0 aromatic heterocycles. The second-order valence-electron chi connectivity index (χ2n) is 9.14. The van der Waals surface area contributed by atoms with Crippen LogP contribution in [0.2, 0.25) is 0 Å². The quantitative estimate of drug-likeness (QED) is 0.664. The van der Waals surface area contributed by atoms with Crippen LogP contribution in [-0.2, 0) is 31.4 Å². The summed E-state index contributed by atoms with van der Waals surface area (Å²) in [6, 6.07) is 13.6. The first-order valence-corrected chi connectivity index (χ1v) is 12.1. The van der Waals surface area contributed by atoms with E-state index in [1.807, 2.05) is 26.8 Å². The lowest BCUT2D eigenvalue weighted by Gasteiger charge is -2.25. The molecule has 0 radical (unpaired) electrons. The SMILES string of the molecule is CC(C)(C)c1ccc(S(=O)(=O)N2CCC[C@H]2C(=O)NC(Cc2ccccc2)C(=O)O)cc1. The zero-order valence-corrected chi connectivity index (χ0v) is 19.4. The third-order valence-electron chi connectivity index (χ3n) is 5.73. The van der Waals surface area contributed by atoms with Crippen LogP contribution in [0, 0.1) is 0 Å². The third kappa shape index (κ3) is 5.37. The summed E-state index contributed by atoms with van der Waals surface area (Å²) >= 11 is 0. The van der Waals surface area contributed by atoms with Crippen LogP contribution in [0.4, 0.5) is 0 Å². The van der Waals surface area contributed by atoms with Gasteiger partial charge in [0, 0.05) is 13.0 Å². The van der Waals surface area contributed by atoms with Gasteiger partial charge in [0.25, 0.3) is 0 Å². The maximum Gasteiger partial charge on any atom is 0.326 e. The molecule has 1 saturated heterocycles. The van der Waals surface area contributed by atoms with E-state index in [1.165, 1.54) is 4.31 Å². The van der Waals surface area contributed by atoms with Gasteiger partial charge in [-0.2, -0.15) is 4.31 Å². The van der Waals surface area contributed by atoms with E-state index in [0.717, 1.165) is 11.1 Å². The van der Waals surface area contributed by atoms with E-state index in [-0.39, 0.29) is 23.3 Å². The van der Waals surface area contributed by atoms with Crippen LogP contribution in [0.1, 0.15) is 44.7 Å². The van der Waals surface area contributed by atoms with Crippen LogP contribution >= 0.6 is 0 Å². The summed E-state index contributed by atoms with van der Waals surface area (Å²) in [6.07, 6.45) is 1.01. The van der Waals surface area contributed by atoms with Gasteiger partial charge in [-0.25, -0.2) is 13.2 Å². The Balaban J connectivity index is 1.77. The predicted molar refractivity (Wildman–Crippen MR) is 122 cm³/mol. The number of carboxylic acid groups (broad SMARTS) is 1. The van der Waals surface area contributed by atoms with E-state index in [2.05, 4.69) is 5.32 Å². The molecule has 0 aliphatic carbocycles. The fourth-order valence-electron chi connectivity index (χ4n) is 3.87. The number of rotatable bonds is 7. The summed E-state index contributed by atoms with van der Waals surface area (Å²) in [5.41, 5.74) is 1.68. The van der Waals surface area contributed by atoms with Gasteiger partial charge < -0.3 is 10.4 Å². The van der Waals surface area contributed by atoms with Crippen LogP contribution in [0.3, 0.4) is 0 Å². The van der Waals surface area contributed by atoms with E-state index in [0.29, 0.717) is 12.8 Å². The molecule has 0 saturated carbocycles. The molecular weight excluding hydrogens is 428 g/mol. The van der Waals surface area contributed by atoms with Crippen LogP contribution in [0.5, 0.6) is 0 Å². The molecule has 1 aliphatic rings. The average Bonchev–Trinajstić information content (AvgIpc) is 3.24. The van der Waals surface area contributed by atoms with Crippen molar-refractivity contribution in [2.45, 2.75) is 62.4 Å². The Labute approximate surface area is 189 Å². The topological polar surface area (TPSA) is 104 Å². The minimum Gasteiger partial charge on any atom is -0.480 e. The van der Waals surface area contributed by atoms with Crippen molar-refractivity contribution < 1.29 is 23.1 Å². The molecule has 7 nitrogen and oxygen atoms in total. The summed E-state index contributed by atoms with van der Waals surface area (Å²) < 4.78 is 27.7. The van der Waals surface area contributed by atoms with Crippen molar-refractivity contribution in [2.75, 3.05) is 6.54 Å². The molecule has 2 aromatic carbocycles. The first kappa shape index (κ1) is 23.9. The molecule has 1 heterocycles. The molecular formula is C24H30N2O5S. The summed E-state index contributed by atoms with van der Waals surface area (Å²) in [7, 11) is -3.88. The predicted octanol–water partition coefficient (Wildman–Crippen LogP) is 2.95. The molecule has 0 spiro atoms. The molecule has 2 N–H and O–H groups in total. The molecule has 0 bridgehead atoms. The molecule has 1 fully saturated rings. The zero-order chi connectivity index (χ0) is 23.5. The Morgan fingerprint density at radius 1 is 1.09 bits per heavy atom. The Morgan fingerprint density at radius 3 is 2.28 bits per heavy atom. The average molecular weight is 459 g/mol. The lowest BCUT2D eigenvalue weighted by Crippen LogP contribution is -2.51. The van der Waals surface area contributed by atoms with Crippen LogP contribution in [0.15, 0.2) is 59.5 Å². The van der Waals surface area contributed by atoms with E-state index in [9.17, 15) is 23.1 Å². The number of sulfonamides is 1. The van der Waals surface area contributed by atoms with Gasteiger partial charge in [0.15, 0.2) is 0 Å². The van der Waals surface area contributed by atoms with Gasteiger partial charge in [0.05, 0.1) is 4.90 Å². The minimum absolute atomic E-state index is 0.108. The highest BCUT2D eigenvalue weighted by molar-refractivity contribution is 7.89. The second kappa shape index (κ2) is 9.42.